The second-order valence-electron chi connectivity index (χ2n) is 7.26. The van der Waals surface area contributed by atoms with E-state index >= 15 is 0 Å². The van der Waals surface area contributed by atoms with Crippen molar-refractivity contribution in [2.24, 2.45) is 0 Å². The number of thiazole rings is 1. The number of benzene rings is 2. The number of halogens is 1. The Hall–Kier alpha value is -1.64. The van der Waals surface area contributed by atoms with Crippen LogP contribution in [0.5, 0.6) is 0 Å². The third-order valence-corrected chi connectivity index (χ3v) is 7.24. The molecule has 2 heterocycles. The van der Waals surface area contributed by atoms with E-state index in [1.807, 2.05) is 35.4 Å². The monoisotopic (exact) mass is 477 g/mol. The van der Waals surface area contributed by atoms with Crippen molar-refractivity contribution in [1.29, 1.82) is 0 Å². The van der Waals surface area contributed by atoms with Gasteiger partial charge in [-0.3, -0.25) is 14.6 Å². The van der Waals surface area contributed by atoms with Crippen LogP contribution < -0.4 is 4.90 Å². The van der Waals surface area contributed by atoms with Crippen LogP contribution in [-0.2, 0) is 11.2 Å². The van der Waals surface area contributed by atoms with Crippen molar-refractivity contribution in [3.05, 3.63) is 53.6 Å². The fourth-order valence-corrected chi connectivity index (χ4v) is 5.25. The van der Waals surface area contributed by atoms with Crippen molar-refractivity contribution in [1.82, 2.24) is 9.88 Å². The van der Waals surface area contributed by atoms with Crippen molar-refractivity contribution in [2.45, 2.75) is 18.2 Å². The van der Waals surface area contributed by atoms with Gasteiger partial charge in [-0.15, -0.1) is 24.2 Å². The first-order valence-electron chi connectivity index (χ1n) is 10.3. The molecule has 0 unspecified atom stereocenters. The molecular formula is C23H28ClN3O2S2. The molecule has 0 saturated carbocycles. The second kappa shape index (κ2) is 11.3. The maximum absolute atomic E-state index is 13.6. The van der Waals surface area contributed by atoms with Crippen molar-refractivity contribution >= 4 is 56.8 Å². The molecule has 8 heteroatoms. The molecule has 0 radical (unpaired) electrons. The van der Waals surface area contributed by atoms with Crippen molar-refractivity contribution in [2.75, 3.05) is 50.5 Å². The quantitative estimate of drug-likeness (QED) is 0.449. The van der Waals surface area contributed by atoms with Crippen molar-refractivity contribution in [3.63, 3.8) is 0 Å². The number of fused-ring (bicyclic) bond motifs is 1. The van der Waals surface area contributed by atoms with E-state index in [0.717, 1.165) is 65.1 Å². The van der Waals surface area contributed by atoms with E-state index in [4.69, 9.17) is 9.72 Å². The molecule has 1 aliphatic rings. The highest BCUT2D eigenvalue weighted by Gasteiger charge is 2.24. The molecule has 0 aliphatic carbocycles. The topological polar surface area (TPSA) is 45.7 Å². The second-order valence-corrected chi connectivity index (χ2v) is 9.12. The largest absolute Gasteiger partial charge is 0.379 e. The number of aromatic nitrogens is 1. The number of aryl methyl sites for hydroxylation is 1. The van der Waals surface area contributed by atoms with Gasteiger partial charge in [-0.2, -0.15) is 0 Å². The molecular weight excluding hydrogens is 450 g/mol. The minimum Gasteiger partial charge on any atom is -0.379 e. The molecule has 0 atom stereocenters. The first-order valence-corrected chi connectivity index (χ1v) is 12.4. The maximum Gasteiger partial charge on any atom is 0.261 e. The van der Waals surface area contributed by atoms with Gasteiger partial charge in [0.05, 0.1) is 29.0 Å². The number of amides is 1. The Kier molecular flexibility index (Phi) is 8.75. The Morgan fingerprint density at radius 3 is 2.74 bits per heavy atom. The van der Waals surface area contributed by atoms with Gasteiger partial charge in [0.2, 0.25) is 0 Å². The fourth-order valence-electron chi connectivity index (χ4n) is 3.61. The van der Waals surface area contributed by atoms with Gasteiger partial charge in [0, 0.05) is 31.1 Å². The summed E-state index contributed by atoms with van der Waals surface area (Å²) in [6.45, 7) is 6.90. The van der Waals surface area contributed by atoms with E-state index < -0.39 is 0 Å². The van der Waals surface area contributed by atoms with Gasteiger partial charge in [-0.1, -0.05) is 36.5 Å². The minimum atomic E-state index is 0. The number of hydrogen-bond donors (Lipinski definition) is 0. The van der Waals surface area contributed by atoms with Crippen LogP contribution in [-0.4, -0.2) is 61.4 Å². The third kappa shape index (κ3) is 5.59. The van der Waals surface area contributed by atoms with Crippen LogP contribution in [0.2, 0.25) is 0 Å². The number of carbonyl (C=O) groups is 1. The maximum atomic E-state index is 13.6. The zero-order valence-electron chi connectivity index (χ0n) is 17.9. The van der Waals surface area contributed by atoms with E-state index in [1.165, 1.54) is 5.56 Å². The molecule has 1 aromatic heterocycles. The lowest BCUT2D eigenvalue weighted by molar-refractivity contribution is 0.0391. The summed E-state index contributed by atoms with van der Waals surface area (Å²) in [4.78, 5) is 23.7. The Bertz CT molecular complexity index is 1020. The first-order chi connectivity index (χ1) is 14.7. The van der Waals surface area contributed by atoms with Crippen LogP contribution in [0.25, 0.3) is 10.2 Å². The van der Waals surface area contributed by atoms with Gasteiger partial charge < -0.3 is 4.74 Å². The van der Waals surface area contributed by atoms with Crippen LogP contribution in [0, 0.1) is 0 Å². The average molecular weight is 478 g/mol. The van der Waals surface area contributed by atoms with Crippen LogP contribution in [0.1, 0.15) is 22.8 Å². The van der Waals surface area contributed by atoms with Gasteiger partial charge in [0.25, 0.3) is 5.91 Å². The van der Waals surface area contributed by atoms with E-state index in [-0.39, 0.29) is 18.3 Å². The molecule has 1 fully saturated rings. The number of morpholine rings is 1. The molecule has 2 aromatic carbocycles. The third-order valence-electron chi connectivity index (χ3n) is 5.41. The van der Waals surface area contributed by atoms with Gasteiger partial charge in [-0.25, -0.2) is 4.98 Å². The summed E-state index contributed by atoms with van der Waals surface area (Å²) in [5.41, 5.74) is 2.98. The molecule has 31 heavy (non-hydrogen) atoms. The van der Waals surface area contributed by atoms with Crippen molar-refractivity contribution in [3.8, 4) is 0 Å². The molecule has 0 bridgehead atoms. The number of hydrogen-bond acceptors (Lipinski definition) is 6. The number of thioether (sulfide) groups is 1. The van der Waals surface area contributed by atoms with Crippen LogP contribution >= 0.6 is 35.5 Å². The zero-order chi connectivity index (χ0) is 20.9. The number of nitrogens with zero attached hydrogens (tertiary/aromatic N) is 3. The molecule has 1 amide bonds. The van der Waals surface area contributed by atoms with E-state index in [2.05, 4.69) is 30.0 Å². The Balaban J connectivity index is 0.00000272. The molecule has 1 saturated heterocycles. The summed E-state index contributed by atoms with van der Waals surface area (Å²) in [7, 11) is 0. The van der Waals surface area contributed by atoms with Crippen LogP contribution in [0.4, 0.5) is 5.13 Å². The summed E-state index contributed by atoms with van der Waals surface area (Å²) >= 11 is 3.20. The summed E-state index contributed by atoms with van der Waals surface area (Å²) < 4.78 is 6.60. The number of carbonyl (C=O) groups excluding carboxylic acids is 1. The highest BCUT2D eigenvalue weighted by Crippen LogP contribution is 2.32. The van der Waals surface area contributed by atoms with Gasteiger partial charge in [0.15, 0.2) is 5.13 Å². The lowest BCUT2D eigenvalue weighted by Gasteiger charge is -2.29. The first kappa shape index (κ1) is 24.0. The SMILES string of the molecule is CCc1ccc2nc(N(CCN3CCOCC3)C(=O)c3ccccc3SC)sc2c1.Cl. The van der Waals surface area contributed by atoms with E-state index in [0.29, 0.717) is 6.54 Å². The van der Waals surface area contributed by atoms with Crippen LogP contribution in [0.15, 0.2) is 47.4 Å². The molecule has 0 spiro atoms. The van der Waals surface area contributed by atoms with E-state index in [1.54, 1.807) is 23.1 Å². The molecule has 0 N–H and O–H groups in total. The summed E-state index contributed by atoms with van der Waals surface area (Å²) in [6.07, 6.45) is 3.00. The number of rotatable bonds is 7. The number of ether oxygens (including phenoxy) is 1. The fraction of sp³-hybridized carbons (Fsp3) is 0.391. The molecule has 5 nitrogen and oxygen atoms in total. The van der Waals surface area contributed by atoms with Gasteiger partial charge in [0.1, 0.15) is 0 Å². The lowest BCUT2D eigenvalue weighted by Crippen LogP contribution is -2.43. The summed E-state index contributed by atoms with van der Waals surface area (Å²) in [5, 5.41) is 0.771. The summed E-state index contributed by atoms with van der Waals surface area (Å²) in [6, 6.07) is 14.2. The minimum absolute atomic E-state index is 0. The average Bonchev–Trinajstić information content (AvgIpc) is 3.22. The highest BCUT2D eigenvalue weighted by atomic mass is 35.5. The normalized spacial score (nSPS) is 14.4. The predicted molar refractivity (Wildman–Crippen MR) is 133 cm³/mol. The Labute approximate surface area is 198 Å². The smallest absolute Gasteiger partial charge is 0.261 e. The van der Waals surface area contributed by atoms with E-state index in [9.17, 15) is 4.79 Å². The highest BCUT2D eigenvalue weighted by molar-refractivity contribution is 7.98. The summed E-state index contributed by atoms with van der Waals surface area (Å²) in [5.74, 6) is 0.0166. The molecule has 3 aromatic rings. The van der Waals surface area contributed by atoms with Gasteiger partial charge in [-0.05, 0) is 42.5 Å². The lowest BCUT2D eigenvalue weighted by atomic mass is 10.2. The number of anilines is 1. The molecule has 1 aliphatic heterocycles. The van der Waals surface area contributed by atoms with Gasteiger partial charge >= 0.3 is 0 Å². The van der Waals surface area contributed by atoms with Crippen LogP contribution in [0.3, 0.4) is 0 Å². The molecule has 4 rings (SSSR count). The Morgan fingerprint density at radius 2 is 2.00 bits per heavy atom. The standard InChI is InChI=1S/C23H27N3O2S2.ClH/c1-3-17-8-9-19-21(16-17)30-23(24-19)26(11-10-25-12-14-28-15-13-25)22(27)18-6-4-5-7-20(18)29-2;/h4-9,16H,3,10-15H2,1-2H3;1H. The Morgan fingerprint density at radius 1 is 1.23 bits per heavy atom. The van der Waals surface area contributed by atoms with Crippen molar-refractivity contribution < 1.29 is 9.53 Å². The zero-order valence-corrected chi connectivity index (χ0v) is 20.3. The predicted octanol–water partition coefficient (Wildman–Crippen LogP) is 4.98. The molecule has 166 valence electrons.